The first kappa shape index (κ1) is 12.5. The number of amides is 2. The van der Waals surface area contributed by atoms with Crippen LogP contribution in [0.1, 0.15) is 32.6 Å². The van der Waals surface area contributed by atoms with Crippen molar-refractivity contribution in [3.8, 4) is 0 Å². The van der Waals surface area contributed by atoms with Crippen LogP contribution in [0.15, 0.2) is 0 Å². The third-order valence-corrected chi connectivity index (χ3v) is 3.71. The Morgan fingerprint density at radius 1 is 1.41 bits per heavy atom. The lowest BCUT2D eigenvalue weighted by Gasteiger charge is -2.17. The van der Waals surface area contributed by atoms with Gasteiger partial charge in [0.05, 0.1) is 18.6 Å². The molecule has 3 atom stereocenters. The summed E-state index contributed by atoms with van der Waals surface area (Å²) in [6.45, 7) is 2.30. The lowest BCUT2D eigenvalue weighted by atomic mass is 10.2. The first-order valence-corrected chi connectivity index (χ1v) is 6.28. The van der Waals surface area contributed by atoms with E-state index in [-0.39, 0.29) is 17.9 Å². The number of nitrogens with one attached hydrogen (secondary N) is 1. The lowest BCUT2D eigenvalue weighted by Crippen LogP contribution is -2.43. The van der Waals surface area contributed by atoms with E-state index in [1.165, 1.54) is 4.90 Å². The molecule has 2 aliphatic rings. The van der Waals surface area contributed by atoms with Crippen molar-refractivity contribution < 1.29 is 14.3 Å². The number of carbonyl (C=O) groups excluding carboxylic acids is 2. The molecule has 1 aliphatic carbocycles. The molecule has 0 bridgehead atoms. The summed E-state index contributed by atoms with van der Waals surface area (Å²) < 4.78 is 5.29. The minimum Gasteiger partial charge on any atom is -0.381 e. The maximum Gasteiger partial charge on any atom is 0.246 e. The molecule has 2 rings (SSSR count). The van der Waals surface area contributed by atoms with Crippen molar-refractivity contribution in [3.63, 3.8) is 0 Å². The molecule has 17 heavy (non-hydrogen) atoms. The molecule has 2 fully saturated rings. The van der Waals surface area contributed by atoms with Crippen molar-refractivity contribution in [1.29, 1.82) is 0 Å². The summed E-state index contributed by atoms with van der Waals surface area (Å²) in [7, 11) is 1.72. The molecule has 5 heteroatoms. The number of methoxy groups -OCH3 is 1. The molecule has 3 unspecified atom stereocenters. The largest absolute Gasteiger partial charge is 0.381 e. The molecule has 1 N–H and O–H groups in total. The standard InChI is InChI=1S/C12H20N2O3/c1-3-14-11(15)7-10(12(14)16)13-8-4-5-9(6-8)17-2/h8-10,13H,3-7H2,1-2H3. The molecule has 0 aromatic heterocycles. The molecular weight excluding hydrogens is 220 g/mol. The van der Waals surface area contributed by atoms with Gasteiger partial charge in [0.1, 0.15) is 0 Å². The van der Waals surface area contributed by atoms with Gasteiger partial charge in [0.25, 0.3) is 0 Å². The van der Waals surface area contributed by atoms with E-state index in [0.29, 0.717) is 25.1 Å². The first-order chi connectivity index (χ1) is 8.15. The quantitative estimate of drug-likeness (QED) is 0.718. The fourth-order valence-electron chi connectivity index (χ4n) is 2.74. The Kier molecular flexibility index (Phi) is 3.79. The molecule has 5 nitrogen and oxygen atoms in total. The Labute approximate surface area is 101 Å². The van der Waals surface area contributed by atoms with E-state index >= 15 is 0 Å². The maximum atomic E-state index is 11.9. The van der Waals surface area contributed by atoms with Gasteiger partial charge < -0.3 is 10.1 Å². The van der Waals surface area contributed by atoms with Gasteiger partial charge in [-0.25, -0.2) is 0 Å². The van der Waals surface area contributed by atoms with Gasteiger partial charge in [0.2, 0.25) is 11.8 Å². The minimum atomic E-state index is -0.317. The molecule has 0 aromatic rings. The molecule has 0 aromatic carbocycles. The Hall–Kier alpha value is -0.940. The van der Waals surface area contributed by atoms with Gasteiger partial charge in [-0.3, -0.25) is 14.5 Å². The van der Waals surface area contributed by atoms with E-state index < -0.39 is 0 Å². The van der Waals surface area contributed by atoms with Gasteiger partial charge in [-0.2, -0.15) is 0 Å². The van der Waals surface area contributed by atoms with E-state index in [9.17, 15) is 9.59 Å². The van der Waals surface area contributed by atoms with Gasteiger partial charge in [0, 0.05) is 19.7 Å². The Morgan fingerprint density at radius 2 is 2.18 bits per heavy atom. The van der Waals surface area contributed by atoms with Crippen LogP contribution in [0.25, 0.3) is 0 Å². The second kappa shape index (κ2) is 5.14. The number of likely N-dealkylation sites (tertiary alicyclic amines) is 1. The summed E-state index contributed by atoms with van der Waals surface area (Å²) in [6.07, 6.45) is 3.58. The van der Waals surface area contributed by atoms with Crippen molar-refractivity contribution in [3.05, 3.63) is 0 Å². The van der Waals surface area contributed by atoms with Crippen LogP contribution in [0.3, 0.4) is 0 Å². The second-order valence-corrected chi connectivity index (χ2v) is 4.77. The van der Waals surface area contributed by atoms with Crippen molar-refractivity contribution >= 4 is 11.8 Å². The van der Waals surface area contributed by atoms with Crippen LogP contribution in [0.2, 0.25) is 0 Å². The summed E-state index contributed by atoms with van der Waals surface area (Å²) in [6, 6.07) is -0.0124. The van der Waals surface area contributed by atoms with E-state index in [0.717, 1.165) is 19.3 Å². The molecular formula is C12H20N2O3. The molecule has 0 radical (unpaired) electrons. The summed E-state index contributed by atoms with van der Waals surface area (Å²) in [5.74, 6) is -0.130. The number of nitrogens with zero attached hydrogens (tertiary/aromatic N) is 1. The van der Waals surface area contributed by atoms with Crippen LogP contribution in [0, 0.1) is 0 Å². The smallest absolute Gasteiger partial charge is 0.246 e. The topological polar surface area (TPSA) is 58.6 Å². The van der Waals surface area contributed by atoms with Crippen LogP contribution < -0.4 is 5.32 Å². The summed E-state index contributed by atoms with van der Waals surface area (Å²) in [5.41, 5.74) is 0. The van der Waals surface area contributed by atoms with Crippen molar-refractivity contribution in [2.24, 2.45) is 0 Å². The van der Waals surface area contributed by atoms with Gasteiger partial charge in [0.15, 0.2) is 0 Å². The highest BCUT2D eigenvalue weighted by Crippen LogP contribution is 2.23. The molecule has 1 aliphatic heterocycles. The molecule has 96 valence electrons. The van der Waals surface area contributed by atoms with E-state index in [4.69, 9.17) is 4.74 Å². The average Bonchev–Trinajstić information content (AvgIpc) is 2.86. The normalized spacial score (nSPS) is 33.8. The van der Waals surface area contributed by atoms with E-state index in [1.807, 2.05) is 6.92 Å². The van der Waals surface area contributed by atoms with E-state index in [2.05, 4.69) is 5.32 Å². The summed E-state index contributed by atoms with van der Waals surface area (Å²) >= 11 is 0. The Bertz CT molecular complexity index is 319. The number of ether oxygens (including phenoxy) is 1. The van der Waals surface area contributed by atoms with Crippen LogP contribution in [0.5, 0.6) is 0 Å². The zero-order valence-electron chi connectivity index (χ0n) is 10.4. The monoisotopic (exact) mass is 240 g/mol. The van der Waals surface area contributed by atoms with Gasteiger partial charge in [-0.05, 0) is 26.2 Å². The first-order valence-electron chi connectivity index (χ1n) is 6.28. The number of carbonyl (C=O) groups is 2. The molecule has 0 spiro atoms. The molecule has 1 saturated carbocycles. The Balaban J connectivity index is 1.88. The van der Waals surface area contributed by atoms with Gasteiger partial charge in [-0.1, -0.05) is 0 Å². The van der Waals surface area contributed by atoms with Crippen LogP contribution >= 0.6 is 0 Å². The molecule has 1 heterocycles. The average molecular weight is 240 g/mol. The van der Waals surface area contributed by atoms with Crippen molar-refractivity contribution in [2.45, 2.75) is 50.8 Å². The van der Waals surface area contributed by atoms with Gasteiger partial charge >= 0.3 is 0 Å². The molecule has 2 amide bonds. The second-order valence-electron chi connectivity index (χ2n) is 4.77. The zero-order chi connectivity index (χ0) is 12.4. The number of rotatable bonds is 4. The minimum absolute atomic E-state index is 0.0590. The highest BCUT2D eigenvalue weighted by molar-refractivity contribution is 6.05. The lowest BCUT2D eigenvalue weighted by molar-refractivity contribution is -0.138. The van der Waals surface area contributed by atoms with Crippen molar-refractivity contribution in [1.82, 2.24) is 10.2 Å². The number of hydrogen-bond donors (Lipinski definition) is 1. The van der Waals surface area contributed by atoms with E-state index in [1.54, 1.807) is 7.11 Å². The number of hydrogen-bond acceptors (Lipinski definition) is 4. The molecule has 1 saturated heterocycles. The van der Waals surface area contributed by atoms with Crippen LogP contribution in [0.4, 0.5) is 0 Å². The third-order valence-electron chi connectivity index (χ3n) is 3.71. The van der Waals surface area contributed by atoms with Crippen molar-refractivity contribution in [2.75, 3.05) is 13.7 Å². The predicted molar refractivity (Wildman–Crippen MR) is 62.4 cm³/mol. The predicted octanol–water partition coefficient (Wildman–Crippen LogP) is 0.291. The fraction of sp³-hybridized carbons (Fsp3) is 0.833. The summed E-state index contributed by atoms with van der Waals surface area (Å²) in [4.78, 5) is 24.8. The SMILES string of the molecule is CCN1C(=O)CC(NC2CCC(OC)C2)C1=O. The fourth-order valence-corrected chi connectivity index (χ4v) is 2.74. The number of likely N-dealkylation sites (N-methyl/N-ethyl adjacent to an activating group) is 1. The van der Waals surface area contributed by atoms with Crippen LogP contribution in [-0.4, -0.2) is 48.6 Å². The van der Waals surface area contributed by atoms with Crippen LogP contribution in [-0.2, 0) is 14.3 Å². The number of imide groups is 1. The maximum absolute atomic E-state index is 11.9. The third kappa shape index (κ3) is 2.50. The zero-order valence-corrected chi connectivity index (χ0v) is 10.4. The summed E-state index contributed by atoms with van der Waals surface area (Å²) in [5, 5.41) is 3.29. The highest BCUT2D eigenvalue weighted by atomic mass is 16.5. The van der Waals surface area contributed by atoms with Gasteiger partial charge in [-0.15, -0.1) is 0 Å². The highest BCUT2D eigenvalue weighted by Gasteiger charge is 2.39. The Morgan fingerprint density at radius 3 is 2.71 bits per heavy atom.